The molecule has 1 unspecified atom stereocenters. The van der Waals surface area contributed by atoms with E-state index >= 15 is 0 Å². The maximum atomic E-state index is 4.19. The molecule has 3 rings (SSSR count). The molecule has 5 heteroatoms. The third-order valence-corrected chi connectivity index (χ3v) is 2.64. The van der Waals surface area contributed by atoms with E-state index in [0.29, 0.717) is 11.7 Å². The van der Waals surface area contributed by atoms with Gasteiger partial charge in [0.05, 0.1) is 0 Å². The highest BCUT2D eigenvalue weighted by molar-refractivity contribution is 5.27. The van der Waals surface area contributed by atoms with E-state index in [1.165, 1.54) is 0 Å². The Bertz CT molecular complexity index is 443. The van der Waals surface area contributed by atoms with E-state index in [4.69, 9.17) is 0 Å². The zero-order chi connectivity index (χ0) is 9.38. The normalized spacial score (nSPS) is 21.9. The van der Waals surface area contributed by atoms with Crippen molar-refractivity contribution in [2.45, 2.75) is 12.3 Å². The number of rotatable bonds is 1. The standard InChI is InChI=1S/C9H11N5/c1-3-11-9-13-12-8(14(9)5-1)7-2-4-10-6-7/h1,3,5,7,10H,2,4,6H2. The number of hydrogen-bond acceptors (Lipinski definition) is 4. The lowest BCUT2D eigenvalue weighted by Gasteiger charge is -2.04. The van der Waals surface area contributed by atoms with Gasteiger partial charge in [-0.25, -0.2) is 4.98 Å². The number of nitrogens with one attached hydrogen (secondary N) is 1. The van der Waals surface area contributed by atoms with Crippen LogP contribution in [0, 0.1) is 0 Å². The molecular weight excluding hydrogens is 178 g/mol. The summed E-state index contributed by atoms with van der Waals surface area (Å²) in [5, 5.41) is 11.5. The second-order valence-corrected chi connectivity index (χ2v) is 3.54. The van der Waals surface area contributed by atoms with Crippen molar-refractivity contribution >= 4 is 5.78 Å². The summed E-state index contributed by atoms with van der Waals surface area (Å²) >= 11 is 0. The van der Waals surface area contributed by atoms with Gasteiger partial charge in [-0.3, -0.25) is 4.40 Å². The summed E-state index contributed by atoms with van der Waals surface area (Å²) in [5.41, 5.74) is 0. The molecule has 1 fully saturated rings. The van der Waals surface area contributed by atoms with Crippen LogP contribution < -0.4 is 5.32 Å². The molecule has 1 saturated heterocycles. The Morgan fingerprint density at radius 2 is 2.43 bits per heavy atom. The van der Waals surface area contributed by atoms with Crippen LogP contribution in [0.3, 0.4) is 0 Å². The van der Waals surface area contributed by atoms with E-state index in [2.05, 4.69) is 20.5 Å². The highest BCUT2D eigenvalue weighted by Gasteiger charge is 2.21. The van der Waals surface area contributed by atoms with Gasteiger partial charge < -0.3 is 5.32 Å². The Labute approximate surface area is 81.2 Å². The first-order valence-electron chi connectivity index (χ1n) is 4.81. The molecule has 0 aliphatic carbocycles. The van der Waals surface area contributed by atoms with E-state index in [1.54, 1.807) is 6.20 Å². The molecule has 3 heterocycles. The Balaban J connectivity index is 2.11. The molecule has 0 saturated carbocycles. The van der Waals surface area contributed by atoms with Gasteiger partial charge in [0.25, 0.3) is 5.78 Å². The van der Waals surface area contributed by atoms with Crippen LogP contribution in [0.15, 0.2) is 18.5 Å². The van der Waals surface area contributed by atoms with Crippen LogP contribution >= 0.6 is 0 Å². The van der Waals surface area contributed by atoms with E-state index in [9.17, 15) is 0 Å². The average molecular weight is 189 g/mol. The van der Waals surface area contributed by atoms with E-state index in [-0.39, 0.29) is 0 Å². The number of hydrogen-bond donors (Lipinski definition) is 1. The number of nitrogens with zero attached hydrogens (tertiary/aromatic N) is 4. The summed E-state index contributed by atoms with van der Waals surface area (Å²) < 4.78 is 1.97. The van der Waals surface area contributed by atoms with Gasteiger partial charge in [-0.05, 0) is 19.0 Å². The molecule has 1 N–H and O–H groups in total. The third kappa shape index (κ3) is 1.09. The molecule has 2 aromatic rings. The van der Waals surface area contributed by atoms with Crippen molar-refractivity contribution in [1.82, 2.24) is 24.9 Å². The van der Waals surface area contributed by atoms with Crippen molar-refractivity contribution in [2.24, 2.45) is 0 Å². The van der Waals surface area contributed by atoms with Crippen LogP contribution in [-0.2, 0) is 0 Å². The number of fused-ring (bicyclic) bond motifs is 1. The summed E-state index contributed by atoms with van der Waals surface area (Å²) in [6.07, 6.45) is 4.84. The van der Waals surface area contributed by atoms with Crippen molar-refractivity contribution in [3.63, 3.8) is 0 Å². The van der Waals surface area contributed by atoms with Crippen LogP contribution in [0.25, 0.3) is 5.78 Å². The van der Waals surface area contributed by atoms with E-state index < -0.39 is 0 Å². The zero-order valence-electron chi connectivity index (χ0n) is 7.72. The van der Waals surface area contributed by atoms with Crippen LogP contribution in [-0.4, -0.2) is 32.7 Å². The van der Waals surface area contributed by atoms with Gasteiger partial charge in [0, 0.05) is 24.9 Å². The summed E-state index contributed by atoms with van der Waals surface area (Å²) in [6, 6.07) is 1.90. The lowest BCUT2D eigenvalue weighted by Crippen LogP contribution is -2.10. The molecule has 72 valence electrons. The molecule has 0 radical (unpaired) electrons. The monoisotopic (exact) mass is 189 g/mol. The van der Waals surface area contributed by atoms with Gasteiger partial charge in [0.1, 0.15) is 5.82 Å². The maximum absolute atomic E-state index is 4.19. The first-order valence-corrected chi connectivity index (χ1v) is 4.81. The molecule has 0 amide bonds. The van der Waals surface area contributed by atoms with Gasteiger partial charge in [0.2, 0.25) is 0 Å². The van der Waals surface area contributed by atoms with Gasteiger partial charge in [-0.15, -0.1) is 10.2 Å². The Morgan fingerprint density at radius 1 is 1.43 bits per heavy atom. The highest BCUT2D eigenvalue weighted by atomic mass is 15.3. The van der Waals surface area contributed by atoms with Gasteiger partial charge in [0.15, 0.2) is 0 Å². The van der Waals surface area contributed by atoms with Crippen molar-refractivity contribution in [3.8, 4) is 0 Å². The first kappa shape index (κ1) is 7.87. The third-order valence-electron chi connectivity index (χ3n) is 2.64. The summed E-state index contributed by atoms with van der Waals surface area (Å²) in [6.45, 7) is 2.07. The average Bonchev–Trinajstić information content (AvgIpc) is 2.85. The fourth-order valence-corrected chi connectivity index (χ4v) is 1.91. The molecular formula is C9H11N5. The summed E-state index contributed by atoms with van der Waals surface area (Å²) in [4.78, 5) is 4.14. The van der Waals surface area contributed by atoms with Crippen LogP contribution in [0.5, 0.6) is 0 Å². The quantitative estimate of drug-likeness (QED) is 0.696. The van der Waals surface area contributed by atoms with Gasteiger partial charge >= 0.3 is 0 Å². The zero-order valence-corrected chi connectivity index (χ0v) is 7.72. The lowest BCUT2D eigenvalue weighted by molar-refractivity contribution is 0.691. The molecule has 5 nitrogen and oxygen atoms in total. The molecule has 0 aromatic carbocycles. The number of aromatic nitrogens is 4. The molecule has 1 atom stereocenters. The Kier molecular flexibility index (Phi) is 1.70. The van der Waals surface area contributed by atoms with Crippen molar-refractivity contribution in [3.05, 3.63) is 24.3 Å². The minimum atomic E-state index is 0.481. The molecule has 0 spiro atoms. The van der Waals surface area contributed by atoms with Crippen LogP contribution in [0.1, 0.15) is 18.2 Å². The molecule has 1 aliphatic heterocycles. The van der Waals surface area contributed by atoms with Crippen molar-refractivity contribution in [2.75, 3.05) is 13.1 Å². The van der Waals surface area contributed by atoms with Crippen LogP contribution in [0.2, 0.25) is 0 Å². The molecule has 14 heavy (non-hydrogen) atoms. The van der Waals surface area contributed by atoms with E-state index in [0.717, 1.165) is 25.3 Å². The fourth-order valence-electron chi connectivity index (χ4n) is 1.91. The van der Waals surface area contributed by atoms with Crippen molar-refractivity contribution in [1.29, 1.82) is 0 Å². The molecule has 1 aliphatic rings. The second-order valence-electron chi connectivity index (χ2n) is 3.54. The molecule has 0 bridgehead atoms. The van der Waals surface area contributed by atoms with Crippen molar-refractivity contribution < 1.29 is 0 Å². The summed E-state index contributed by atoms with van der Waals surface area (Å²) in [5.74, 6) is 2.20. The Morgan fingerprint density at radius 3 is 3.29 bits per heavy atom. The second kappa shape index (κ2) is 3.02. The minimum absolute atomic E-state index is 0.481. The first-order chi connectivity index (χ1) is 6.95. The Hall–Kier alpha value is -1.49. The lowest BCUT2D eigenvalue weighted by atomic mass is 10.1. The van der Waals surface area contributed by atoms with E-state index in [1.807, 2.05) is 16.7 Å². The van der Waals surface area contributed by atoms with Crippen LogP contribution in [0.4, 0.5) is 0 Å². The highest BCUT2D eigenvalue weighted by Crippen LogP contribution is 2.20. The topological polar surface area (TPSA) is 55.1 Å². The predicted molar refractivity (Wildman–Crippen MR) is 51.0 cm³/mol. The maximum Gasteiger partial charge on any atom is 0.254 e. The largest absolute Gasteiger partial charge is 0.316 e. The fraction of sp³-hybridized carbons (Fsp3) is 0.444. The van der Waals surface area contributed by atoms with Gasteiger partial charge in [-0.1, -0.05) is 0 Å². The molecule has 2 aromatic heterocycles. The smallest absolute Gasteiger partial charge is 0.254 e. The van der Waals surface area contributed by atoms with Gasteiger partial charge in [-0.2, -0.15) is 0 Å². The summed E-state index contributed by atoms with van der Waals surface area (Å²) in [7, 11) is 0. The predicted octanol–water partition coefficient (Wildman–Crippen LogP) is 0.201. The SMILES string of the molecule is c1cnc2nnc(C3CCNC3)n2c1. The minimum Gasteiger partial charge on any atom is -0.316 e.